The van der Waals surface area contributed by atoms with Gasteiger partial charge in [-0.15, -0.1) is 24.0 Å². The third-order valence-corrected chi connectivity index (χ3v) is 3.86. The normalized spacial score (nSPS) is 14.2. The van der Waals surface area contributed by atoms with Crippen LogP contribution in [0.1, 0.15) is 31.2 Å². The van der Waals surface area contributed by atoms with E-state index in [9.17, 15) is 0 Å². The van der Waals surface area contributed by atoms with Crippen molar-refractivity contribution in [1.82, 2.24) is 10.6 Å². The maximum atomic E-state index is 5.68. The standard InChI is InChI=1S/C18H29N3O.HI/c1-19-18(21-15-17-9-10-17)20-12-5-6-13-22-14-11-16-7-3-2-4-8-16;/h2-4,7-8,17H,5-6,9-15H2,1H3,(H2,19,20,21);1H. The van der Waals surface area contributed by atoms with Gasteiger partial charge in [-0.3, -0.25) is 4.99 Å². The van der Waals surface area contributed by atoms with Crippen molar-refractivity contribution in [2.24, 2.45) is 10.9 Å². The lowest BCUT2D eigenvalue weighted by Gasteiger charge is -2.11. The van der Waals surface area contributed by atoms with Crippen LogP contribution in [0.25, 0.3) is 0 Å². The van der Waals surface area contributed by atoms with E-state index in [1.807, 2.05) is 13.1 Å². The highest BCUT2D eigenvalue weighted by Crippen LogP contribution is 2.27. The minimum Gasteiger partial charge on any atom is -0.381 e. The smallest absolute Gasteiger partial charge is 0.190 e. The number of nitrogens with zero attached hydrogens (tertiary/aromatic N) is 1. The number of rotatable bonds is 10. The number of ether oxygens (including phenoxy) is 1. The van der Waals surface area contributed by atoms with Gasteiger partial charge in [-0.2, -0.15) is 0 Å². The van der Waals surface area contributed by atoms with Gasteiger partial charge >= 0.3 is 0 Å². The van der Waals surface area contributed by atoms with Gasteiger partial charge in [-0.1, -0.05) is 30.3 Å². The molecule has 23 heavy (non-hydrogen) atoms. The molecule has 1 aromatic rings. The van der Waals surface area contributed by atoms with Gasteiger partial charge in [-0.25, -0.2) is 0 Å². The van der Waals surface area contributed by atoms with E-state index < -0.39 is 0 Å². The molecule has 0 aromatic heterocycles. The summed E-state index contributed by atoms with van der Waals surface area (Å²) >= 11 is 0. The molecule has 0 aliphatic heterocycles. The first-order chi connectivity index (χ1) is 10.9. The van der Waals surface area contributed by atoms with Crippen molar-refractivity contribution in [2.45, 2.75) is 32.1 Å². The number of guanidine groups is 1. The molecule has 1 aliphatic carbocycles. The Balaban J connectivity index is 0.00000264. The first-order valence-electron chi connectivity index (χ1n) is 8.44. The van der Waals surface area contributed by atoms with Crippen molar-refractivity contribution in [2.75, 3.05) is 33.4 Å². The van der Waals surface area contributed by atoms with Gasteiger partial charge in [0.2, 0.25) is 0 Å². The molecule has 0 unspecified atom stereocenters. The van der Waals surface area contributed by atoms with Gasteiger partial charge in [0.05, 0.1) is 6.61 Å². The van der Waals surface area contributed by atoms with Gasteiger partial charge in [0, 0.05) is 26.7 Å². The maximum absolute atomic E-state index is 5.68. The molecule has 1 fully saturated rings. The molecule has 0 amide bonds. The number of benzene rings is 1. The van der Waals surface area contributed by atoms with Crippen LogP contribution in [0.5, 0.6) is 0 Å². The van der Waals surface area contributed by atoms with Crippen LogP contribution in [0.2, 0.25) is 0 Å². The fraction of sp³-hybridized carbons (Fsp3) is 0.611. The molecule has 0 saturated heterocycles. The van der Waals surface area contributed by atoms with Gasteiger partial charge in [0.15, 0.2) is 5.96 Å². The van der Waals surface area contributed by atoms with E-state index in [4.69, 9.17) is 4.74 Å². The van der Waals surface area contributed by atoms with Crippen molar-refractivity contribution in [3.63, 3.8) is 0 Å². The number of halogens is 1. The molecule has 1 saturated carbocycles. The zero-order chi connectivity index (χ0) is 15.5. The molecule has 130 valence electrons. The monoisotopic (exact) mass is 431 g/mol. The number of nitrogens with one attached hydrogen (secondary N) is 2. The van der Waals surface area contributed by atoms with E-state index in [1.54, 1.807) is 0 Å². The summed E-state index contributed by atoms with van der Waals surface area (Å²) in [6.45, 7) is 3.65. The Labute approximate surface area is 157 Å². The lowest BCUT2D eigenvalue weighted by molar-refractivity contribution is 0.133. The van der Waals surface area contributed by atoms with Crippen LogP contribution in [0.3, 0.4) is 0 Å². The highest BCUT2D eigenvalue weighted by Gasteiger charge is 2.20. The fourth-order valence-corrected chi connectivity index (χ4v) is 2.26. The zero-order valence-corrected chi connectivity index (χ0v) is 16.4. The quantitative estimate of drug-likeness (QED) is 0.259. The van der Waals surface area contributed by atoms with Crippen molar-refractivity contribution in [3.05, 3.63) is 35.9 Å². The van der Waals surface area contributed by atoms with Crippen LogP contribution < -0.4 is 10.6 Å². The lowest BCUT2D eigenvalue weighted by atomic mass is 10.2. The molecule has 0 radical (unpaired) electrons. The van der Waals surface area contributed by atoms with Crippen LogP contribution in [-0.2, 0) is 11.2 Å². The third-order valence-electron chi connectivity index (χ3n) is 3.86. The highest BCUT2D eigenvalue weighted by molar-refractivity contribution is 14.0. The van der Waals surface area contributed by atoms with E-state index in [1.165, 1.54) is 18.4 Å². The minimum absolute atomic E-state index is 0. The van der Waals surface area contributed by atoms with E-state index >= 15 is 0 Å². The number of hydrogen-bond donors (Lipinski definition) is 2. The lowest BCUT2D eigenvalue weighted by Crippen LogP contribution is -2.38. The van der Waals surface area contributed by atoms with E-state index in [0.717, 1.165) is 57.4 Å². The average Bonchev–Trinajstić information content (AvgIpc) is 3.38. The second kappa shape index (κ2) is 12.6. The maximum Gasteiger partial charge on any atom is 0.190 e. The molecule has 5 heteroatoms. The molecule has 4 nitrogen and oxygen atoms in total. The predicted octanol–water partition coefficient (Wildman–Crippen LogP) is 3.22. The molecule has 2 N–H and O–H groups in total. The first-order valence-corrected chi connectivity index (χ1v) is 8.44. The first kappa shape index (κ1) is 20.2. The summed E-state index contributed by atoms with van der Waals surface area (Å²) in [5.41, 5.74) is 1.34. The summed E-state index contributed by atoms with van der Waals surface area (Å²) in [4.78, 5) is 4.23. The highest BCUT2D eigenvalue weighted by atomic mass is 127. The molecule has 0 atom stereocenters. The Hall–Kier alpha value is -0.820. The molecule has 2 rings (SSSR count). The number of aliphatic imine (C=N–C) groups is 1. The summed E-state index contributed by atoms with van der Waals surface area (Å²) in [5, 5.41) is 6.72. The Morgan fingerprint density at radius 2 is 1.91 bits per heavy atom. The molecule has 0 bridgehead atoms. The molecular weight excluding hydrogens is 401 g/mol. The zero-order valence-electron chi connectivity index (χ0n) is 14.1. The van der Waals surface area contributed by atoms with Gasteiger partial charge in [-0.05, 0) is 43.6 Å². The van der Waals surface area contributed by atoms with Crippen LogP contribution in [0.4, 0.5) is 0 Å². The predicted molar refractivity (Wildman–Crippen MR) is 108 cm³/mol. The number of unbranched alkanes of at least 4 members (excludes halogenated alkanes) is 1. The van der Waals surface area contributed by atoms with Crippen molar-refractivity contribution >= 4 is 29.9 Å². The number of hydrogen-bond acceptors (Lipinski definition) is 2. The van der Waals surface area contributed by atoms with Gasteiger partial charge in [0.1, 0.15) is 0 Å². The topological polar surface area (TPSA) is 45.7 Å². The second-order valence-corrected chi connectivity index (χ2v) is 5.88. The van der Waals surface area contributed by atoms with E-state index in [0.29, 0.717) is 0 Å². The summed E-state index contributed by atoms with van der Waals surface area (Å²) in [6.07, 6.45) is 5.92. The third kappa shape index (κ3) is 9.81. The van der Waals surface area contributed by atoms with Crippen molar-refractivity contribution in [3.8, 4) is 0 Å². The minimum atomic E-state index is 0. The SMILES string of the molecule is CN=C(NCCCCOCCc1ccccc1)NCC1CC1.I. The molecule has 1 aromatic carbocycles. The summed E-state index contributed by atoms with van der Waals surface area (Å²) in [6, 6.07) is 10.5. The molecular formula is C18H30IN3O. The van der Waals surface area contributed by atoms with Crippen LogP contribution in [0, 0.1) is 5.92 Å². The second-order valence-electron chi connectivity index (χ2n) is 5.88. The van der Waals surface area contributed by atoms with Crippen LogP contribution in [-0.4, -0.2) is 39.3 Å². The largest absolute Gasteiger partial charge is 0.381 e. The Kier molecular flexibility index (Phi) is 11.1. The van der Waals surface area contributed by atoms with Crippen LogP contribution >= 0.6 is 24.0 Å². The van der Waals surface area contributed by atoms with Crippen LogP contribution in [0.15, 0.2) is 35.3 Å². The van der Waals surface area contributed by atoms with Crippen molar-refractivity contribution in [1.29, 1.82) is 0 Å². The molecule has 0 heterocycles. The summed E-state index contributed by atoms with van der Waals surface area (Å²) in [7, 11) is 1.83. The van der Waals surface area contributed by atoms with Gasteiger partial charge in [0.25, 0.3) is 0 Å². The summed E-state index contributed by atoms with van der Waals surface area (Å²) < 4.78 is 5.68. The fourth-order valence-electron chi connectivity index (χ4n) is 2.26. The molecule has 1 aliphatic rings. The Morgan fingerprint density at radius 1 is 1.13 bits per heavy atom. The van der Waals surface area contributed by atoms with E-state index in [2.05, 4.69) is 39.9 Å². The Bertz CT molecular complexity index is 435. The average molecular weight is 431 g/mol. The van der Waals surface area contributed by atoms with E-state index in [-0.39, 0.29) is 24.0 Å². The van der Waals surface area contributed by atoms with Crippen molar-refractivity contribution < 1.29 is 4.74 Å². The summed E-state index contributed by atoms with van der Waals surface area (Å²) in [5.74, 6) is 1.80. The van der Waals surface area contributed by atoms with Gasteiger partial charge < -0.3 is 15.4 Å². The Morgan fingerprint density at radius 3 is 2.61 bits per heavy atom. The molecule has 0 spiro atoms.